The number of aryl methyl sites for hydroxylation is 1. The maximum Gasteiger partial charge on any atom is 0.282 e. The Bertz CT molecular complexity index is 362. The highest BCUT2D eigenvalue weighted by atomic mass is 19.3. The van der Waals surface area contributed by atoms with E-state index in [0.29, 0.717) is 11.4 Å². The van der Waals surface area contributed by atoms with Crippen molar-refractivity contribution >= 4 is 5.69 Å². The van der Waals surface area contributed by atoms with Crippen LogP contribution in [-0.4, -0.2) is 31.2 Å². The van der Waals surface area contributed by atoms with Gasteiger partial charge in [0.2, 0.25) is 0 Å². The molecule has 3 nitrogen and oxygen atoms in total. The van der Waals surface area contributed by atoms with E-state index in [2.05, 4.69) is 10.3 Å². The Balaban J connectivity index is 2.31. The molecule has 16 heavy (non-hydrogen) atoms. The van der Waals surface area contributed by atoms with Crippen LogP contribution in [0.4, 0.5) is 14.5 Å². The summed E-state index contributed by atoms with van der Waals surface area (Å²) in [6.07, 6.45) is -2.51. The number of hydrogen-bond acceptors (Lipinski definition) is 3. The average molecular weight is 227 g/mol. The van der Waals surface area contributed by atoms with Gasteiger partial charge in [-0.3, -0.25) is 0 Å². The highest BCUT2D eigenvalue weighted by Crippen LogP contribution is 2.28. The summed E-state index contributed by atoms with van der Waals surface area (Å²) in [4.78, 5) is 5.90. The van der Waals surface area contributed by atoms with Crippen LogP contribution >= 0.6 is 0 Å². The molecule has 1 saturated heterocycles. The number of anilines is 1. The van der Waals surface area contributed by atoms with Gasteiger partial charge in [-0.2, -0.15) is 0 Å². The Morgan fingerprint density at radius 3 is 2.62 bits per heavy atom. The molecule has 1 aliphatic heterocycles. The molecule has 0 bridgehead atoms. The van der Waals surface area contributed by atoms with Crippen molar-refractivity contribution in [2.45, 2.75) is 13.3 Å². The summed E-state index contributed by atoms with van der Waals surface area (Å²) in [6, 6.07) is 3.53. The van der Waals surface area contributed by atoms with Crippen LogP contribution in [0.15, 0.2) is 12.1 Å². The van der Waals surface area contributed by atoms with Crippen molar-refractivity contribution in [1.82, 2.24) is 10.3 Å². The van der Waals surface area contributed by atoms with Crippen molar-refractivity contribution in [3.63, 3.8) is 0 Å². The molecule has 0 unspecified atom stereocenters. The molecule has 0 aromatic carbocycles. The molecule has 2 rings (SSSR count). The number of aromatic nitrogens is 1. The van der Waals surface area contributed by atoms with Crippen molar-refractivity contribution in [3.8, 4) is 0 Å². The molecule has 1 fully saturated rings. The molecular weight excluding hydrogens is 212 g/mol. The largest absolute Gasteiger partial charge is 0.367 e. The van der Waals surface area contributed by atoms with Crippen LogP contribution in [0.25, 0.3) is 0 Å². The highest BCUT2D eigenvalue weighted by Gasteiger charge is 2.20. The molecule has 88 valence electrons. The summed E-state index contributed by atoms with van der Waals surface area (Å²) >= 11 is 0. The molecule has 0 aliphatic carbocycles. The predicted molar refractivity (Wildman–Crippen MR) is 59.0 cm³/mol. The summed E-state index contributed by atoms with van der Waals surface area (Å²) in [5.41, 5.74) is 1.11. The van der Waals surface area contributed by atoms with Crippen LogP contribution in [0.5, 0.6) is 0 Å². The summed E-state index contributed by atoms with van der Waals surface area (Å²) in [5.74, 6) is 0. The minimum atomic E-state index is -2.51. The van der Waals surface area contributed by atoms with Crippen LogP contribution in [0.3, 0.4) is 0 Å². The fraction of sp³-hybridized carbons (Fsp3) is 0.545. The molecular formula is C11H15F2N3. The summed E-state index contributed by atoms with van der Waals surface area (Å²) in [5, 5.41) is 3.19. The van der Waals surface area contributed by atoms with Crippen LogP contribution in [-0.2, 0) is 0 Å². The van der Waals surface area contributed by atoms with Gasteiger partial charge in [0.25, 0.3) is 6.43 Å². The lowest BCUT2D eigenvalue weighted by Gasteiger charge is -2.30. The second kappa shape index (κ2) is 4.74. The third kappa shape index (κ3) is 2.29. The average Bonchev–Trinajstić information content (AvgIpc) is 2.30. The monoisotopic (exact) mass is 227 g/mol. The van der Waals surface area contributed by atoms with Crippen LogP contribution in [0, 0.1) is 6.92 Å². The number of pyridine rings is 1. The minimum Gasteiger partial charge on any atom is -0.367 e. The summed E-state index contributed by atoms with van der Waals surface area (Å²) < 4.78 is 25.7. The lowest BCUT2D eigenvalue weighted by atomic mass is 10.2. The van der Waals surface area contributed by atoms with E-state index in [1.807, 2.05) is 4.90 Å². The second-order valence-corrected chi connectivity index (χ2v) is 3.89. The SMILES string of the molecule is Cc1ccc(N2CCNCC2)c(C(F)F)n1. The topological polar surface area (TPSA) is 28.2 Å². The van der Waals surface area contributed by atoms with Crippen molar-refractivity contribution in [1.29, 1.82) is 0 Å². The molecule has 0 atom stereocenters. The summed E-state index contributed by atoms with van der Waals surface area (Å²) in [6.45, 7) is 4.90. The van der Waals surface area contributed by atoms with Gasteiger partial charge in [0.1, 0.15) is 5.69 Å². The van der Waals surface area contributed by atoms with Gasteiger partial charge in [-0.15, -0.1) is 0 Å². The first-order valence-corrected chi connectivity index (χ1v) is 5.40. The summed E-state index contributed by atoms with van der Waals surface area (Å²) in [7, 11) is 0. The van der Waals surface area contributed by atoms with Gasteiger partial charge in [-0.1, -0.05) is 0 Å². The highest BCUT2D eigenvalue weighted by molar-refractivity contribution is 5.52. The smallest absolute Gasteiger partial charge is 0.282 e. The number of halogens is 2. The fourth-order valence-electron chi connectivity index (χ4n) is 1.90. The van der Waals surface area contributed by atoms with Gasteiger partial charge in [0.15, 0.2) is 0 Å². The maximum atomic E-state index is 12.9. The molecule has 1 aromatic rings. The van der Waals surface area contributed by atoms with E-state index < -0.39 is 6.43 Å². The standard InChI is InChI=1S/C11H15F2N3/c1-8-2-3-9(10(15-8)11(12)13)16-6-4-14-5-7-16/h2-3,11,14H,4-7H2,1H3. The molecule has 0 radical (unpaired) electrons. The molecule has 0 spiro atoms. The molecule has 2 heterocycles. The van der Waals surface area contributed by atoms with Crippen molar-refractivity contribution < 1.29 is 8.78 Å². The molecule has 1 aliphatic rings. The molecule has 0 saturated carbocycles. The molecule has 0 amide bonds. The predicted octanol–water partition coefficient (Wildman–Crippen LogP) is 1.74. The zero-order valence-corrected chi connectivity index (χ0v) is 9.21. The Hall–Kier alpha value is -1.23. The third-order valence-electron chi connectivity index (χ3n) is 2.71. The number of nitrogens with zero attached hydrogens (tertiary/aromatic N) is 2. The van der Waals surface area contributed by atoms with Gasteiger partial charge in [-0.25, -0.2) is 13.8 Å². The van der Waals surface area contributed by atoms with E-state index in [4.69, 9.17) is 0 Å². The molecule has 1 N–H and O–H groups in total. The Morgan fingerprint density at radius 1 is 1.31 bits per heavy atom. The number of rotatable bonds is 2. The number of hydrogen-bond donors (Lipinski definition) is 1. The van der Waals surface area contributed by atoms with Crippen LogP contribution < -0.4 is 10.2 Å². The Kier molecular flexibility index (Phi) is 3.33. The van der Waals surface area contributed by atoms with Crippen molar-refractivity contribution in [2.75, 3.05) is 31.1 Å². The Morgan fingerprint density at radius 2 is 2.00 bits per heavy atom. The first-order chi connectivity index (χ1) is 7.68. The minimum absolute atomic E-state index is 0.0955. The van der Waals surface area contributed by atoms with E-state index in [9.17, 15) is 8.78 Å². The maximum absolute atomic E-state index is 12.9. The number of nitrogens with one attached hydrogen (secondary N) is 1. The van der Waals surface area contributed by atoms with Gasteiger partial charge >= 0.3 is 0 Å². The first kappa shape index (κ1) is 11.3. The van der Waals surface area contributed by atoms with E-state index in [0.717, 1.165) is 26.2 Å². The van der Waals surface area contributed by atoms with E-state index >= 15 is 0 Å². The van der Waals surface area contributed by atoms with E-state index in [1.165, 1.54) is 0 Å². The van der Waals surface area contributed by atoms with Crippen LogP contribution in [0.1, 0.15) is 17.8 Å². The van der Waals surface area contributed by atoms with Gasteiger partial charge < -0.3 is 10.2 Å². The number of piperazine rings is 1. The number of alkyl halides is 2. The normalized spacial score (nSPS) is 16.9. The van der Waals surface area contributed by atoms with Gasteiger partial charge in [0.05, 0.1) is 5.69 Å². The van der Waals surface area contributed by atoms with Gasteiger partial charge in [0, 0.05) is 31.9 Å². The Labute approximate surface area is 93.5 Å². The zero-order chi connectivity index (χ0) is 11.5. The molecule has 5 heteroatoms. The zero-order valence-electron chi connectivity index (χ0n) is 9.21. The molecule has 1 aromatic heterocycles. The van der Waals surface area contributed by atoms with Crippen molar-refractivity contribution in [2.24, 2.45) is 0 Å². The fourth-order valence-corrected chi connectivity index (χ4v) is 1.90. The van der Waals surface area contributed by atoms with Crippen LogP contribution in [0.2, 0.25) is 0 Å². The lowest BCUT2D eigenvalue weighted by Crippen LogP contribution is -2.44. The first-order valence-electron chi connectivity index (χ1n) is 5.40. The lowest BCUT2D eigenvalue weighted by molar-refractivity contribution is 0.146. The van der Waals surface area contributed by atoms with Gasteiger partial charge in [-0.05, 0) is 19.1 Å². The van der Waals surface area contributed by atoms with E-state index in [1.54, 1.807) is 19.1 Å². The quantitative estimate of drug-likeness (QED) is 0.834. The third-order valence-corrected chi connectivity index (χ3v) is 2.71. The second-order valence-electron chi connectivity index (χ2n) is 3.89. The van der Waals surface area contributed by atoms with E-state index in [-0.39, 0.29) is 5.69 Å². The van der Waals surface area contributed by atoms with Crippen molar-refractivity contribution in [3.05, 3.63) is 23.5 Å².